The highest BCUT2D eigenvalue weighted by atomic mass is 79.9. The van der Waals surface area contributed by atoms with Gasteiger partial charge in [-0.25, -0.2) is 15.0 Å². The zero-order valence-corrected chi connectivity index (χ0v) is 19.1. The van der Waals surface area contributed by atoms with Crippen LogP contribution in [0.1, 0.15) is 11.4 Å². The van der Waals surface area contributed by atoms with E-state index in [9.17, 15) is 0 Å². The third-order valence-corrected chi connectivity index (χ3v) is 6.34. The van der Waals surface area contributed by atoms with Crippen LogP contribution in [0.25, 0.3) is 33.1 Å². The van der Waals surface area contributed by atoms with Crippen molar-refractivity contribution in [2.75, 3.05) is 18.1 Å². The van der Waals surface area contributed by atoms with E-state index in [1.807, 2.05) is 19.1 Å². The van der Waals surface area contributed by atoms with Gasteiger partial charge >= 0.3 is 0 Å². The molecule has 5 aromatic rings. The summed E-state index contributed by atoms with van der Waals surface area (Å²) in [5.74, 6) is 2.78. The predicted molar refractivity (Wildman–Crippen MR) is 130 cm³/mol. The van der Waals surface area contributed by atoms with Gasteiger partial charge in [0.1, 0.15) is 30.3 Å². The lowest BCUT2D eigenvalue weighted by Gasteiger charge is -2.22. The molecule has 0 aliphatic carbocycles. The number of rotatable bonds is 2. The molecule has 158 valence electrons. The maximum absolute atomic E-state index is 6.09. The number of fused-ring (bicyclic) bond motifs is 3. The molecule has 6 rings (SSSR count). The average molecular weight is 486 g/mol. The van der Waals surface area contributed by atoms with E-state index in [-0.39, 0.29) is 0 Å². The monoisotopic (exact) mass is 485 g/mol. The van der Waals surface area contributed by atoms with Crippen molar-refractivity contribution in [2.45, 2.75) is 13.5 Å². The second kappa shape index (κ2) is 7.60. The number of hydrogen-bond donors (Lipinski definition) is 1. The second-order valence-corrected chi connectivity index (χ2v) is 8.92. The Balaban J connectivity index is 1.39. The maximum atomic E-state index is 6.09. The van der Waals surface area contributed by atoms with Crippen LogP contribution in [0, 0.1) is 6.92 Å². The highest BCUT2D eigenvalue weighted by Crippen LogP contribution is 2.33. The Morgan fingerprint density at radius 1 is 0.969 bits per heavy atom. The first kappa shape index (κ1) is 19.3. The topological polar surface area (TPSA) is 66.9 Å². The summed E-state index contributed by atoms with van der Waals surface area (Å²) < 4.78 is 7.09. The molecule has 3 aromatic carbocycles. The summed E-state index contributed by atoms with van der Waals surface area (Å²) in [5.41, 5.74) is 6.40. The molecule has 1 aliphatic rings. The fourth-order valence-electron chi connectivity index (χ4n) is 4.34. The number of hydrogen-bond acceptors (Lipinski definition) is 5. The fourth-order valence-corrected chi connectivity index (χ4v) is 4.69. The highest BCUT2D eigenvalue weighted by Gasteiger charge is 2.19. The second-order valence-electron chi connectivity index (χ2n) is 8.01. The summed E-state index contributed by atoms with van der Waals surface area (Å²) in [6.07, 6.45) is 1.63. The summed E-state index contributed by atoms with van der Waals surface area (Å²) in [4.78, 5) is 19.2. The SMILES string of the molecule is Cc1nc2ccc(-c3ccc4c(c3)CN(c3ncnc5cc(Br)ccc35)CCO4)cc2[nH]1. The summed E-state index contributed by atoms with van der Waals surface area (Å²) >= 11 is 3.53. The van der Waals surface area contributed by atoms with Crippen molar-refractivity contribution in [3.05, 3.63) is 76.8 Å². The third kappa shape index (κ3) is 3.39. The molecule has 1 N–H and O–H groups in total. The summed E-state index contributed by atoms with van der Waals surface area (Å²) in [7, 11) is 0. The number of nitrogens with zero attached hydrogens (tertiary/aromatic N) is 4. The van der Waals surface area contributed by atoms with E-state index >= 15 is 0 Å². The van der Waals surface area contributed by atoms with Gasteiger partial charge in [-0.05, 0) is 60.5 Å². The molecule has 0 spiro atoms. The molecule has 0 unspecified atom stereocenters. The Labute approximate surface area is 193 Å². The molecule has 7 heteroatoms. The molecule has 0 amide bonds. The number of H-pyrrole nitrogens is 1. The van der Waals surface area contributed by atoms with Gasteiger partial charge in [-0.3, -0.25) is 0 Å². The van der Waals surface area contributed by atoms with Crippen molar-refractivity contribution >= 4 is 43.7 Å². The fraction of sp³-hybridized carbons (Fsp3) is 0.160. The number of aromatic amines is 1. The number of nitrogens with one attached hydrogen (secondary N) is 1. The van der Waals surface area contributed by atoms with E-state index in [0.29, 0.717) is 6.61 Å². The van der Waals surface area contributed by atoms with Gasteiger partial charge in [0.25, 0.3) is 0 Å². The number of benzene rings is 3. The number of halogens is 1. The maximum Gasteiger partial charge on any atom is 0.140 e. The van der Waals surface area contributed by atoms with Gasteiger partial charge in [-0.15, -0.1) is 0 Å². The Morgan fingerprint density at radius 2 is 1.84 bits per heavy atom. The van der Waals surface area contributed by atoms with Gasteiger partial charge in [0.2, 0.25) is 0 Å². The van der Waals surface area contributed by atoms with E-state index in [0.717, 1.165) is 73.6 Å². The van der Waals surface area contributed by atoms with E-state index in [4.69, 9.17) is 4.74 Å². The molecule has 0 saturated carbocycles. The van der Waals surface area contributed by atoms with E-state index in [2.05, 4.69) is 83.2 Å². The molecular weight excluding hydrogens is 466 g/mol. The minimum Gasteiger partial charge on any atom is -0.491 e. The van der Waals surface area contributed by atoms with Gasteiger partial charge in [0, 0.05) is 22.0 Å². The number of imidazole rings is 1. The molecule has 3 heterocycles. The molecular formula is C25H20BrN5O. The number of ether oxygens (including phenoxy) is 1. The van der Waals surface area contributed by atoms with Crippen LogP contribution in [0.5, 0.6) is 5.75 Å². The molecule has 32 heavy (non-hydrogen) atoms. The van der Waals surface area contributed by atoms with Crippen molar-refractivity contribution in [1.82, 2.24) is 19.9 Å². The van der Waals surface area contributed by atoms with Crippen LogP contribution in [-0.4, -0.2) is 33.1 Å². The van der Waals surface area contributed by atoms with Crippen molar-refractivity contribution in [1.29, 1.82) is 0 Å². The smallest absolute Gasteiger partial charge is 0.140 e. The lowest BCUT2D eigenvalue weighted by atomic mass is 10.0. The molecule has 0 atom stereocenters. The molecule has 0 saturated heterocycles. The van der Waals surface area contributed by atoms with Crippen molar-refractivity contribution in [2.24, 2.45) is 0 Å². The average Bonchev–Trinajstić information content (AvgIpc) is 3.04. The predicted octanol–water partition coefficient (Wildman–Crippen LogP) is 5.64. The van der Waals surface area contributed by atoms with Crippen molar-refractivity contribution in [3.8, 4) is 16.9 Å². The van der Waals surface area contributed by atoms with E-state index in [1.54, 1.807) is 6.33 Å². The molecule has 0 bridgehead atoms. The van der Waals surface area contributed by atoms with Crippen LogP contribution in [0.4, 0.5) is 5.82 Å². The Bertz CT molecular complexity index is 1480. The standard InChI is InChI=1S/C25H20BrN5O/c1-15-29-21-6-2-17(11-23(21)30-15)16-3-7-24-18(10-16)13-31(8-9-32-24)25-20-5-4-19(26)12-22(20)27-14-28-25/h2-7,10-12,14H,8-9,13H2,1H3,(H,29,30). The Kier molecular flexibility index (Phi) is 4.57. The normalized spacial score (nSPS) is 13.8. The zero-order chi connectivity index (χ0) is 21.7. The first-order valence-electron chi connectivity index (χ1n) is 10.5. The minimum absolute atomic E-state index is 0.605. The van der Waals surface area contributed by atoms with Gasteiger partial charge in [-0.1, -0.05) is 28.1 Å². The summed E-state index contributed by atoms with van der Waals surface area (Å²) in [6.45, 7) is 4.06. The van der Waals surface area contributed by atoms with Crippen molar-refractivity contribution < 1.29 is 4.74 Å². The lowest BCUT2D eigenvalue weighted by molar-refractivity contribution is 0.331. The lowest BCUT2D eigenvalue weighted by Crippen LogP contribution is -2.26. The molecule has 2 aromatic heterocycles. The van der Waals surface area contributed by atoms with Crippen LogP contribution >= 0.6 is 15.9 Å². The van der Waals surface area contributed by atoms with Gasteiger partial charge in [0.15, 0.2) is 0 Å². The minimum atomic E-state index is 0.605. The largest absolute Gasteiger partial charge is 0.491 e. The Hall–Kier alpha value is -3.45. The van der Waals surface area contributed by atoms with Crippen LogP contribution in [0.2, 0.25) is 0 Å². The zero-order valence-electron chi connectivity index (χ0n) is 17.5. The van der Waals surface area contributed by atoms with Crippen LogP contribution < -0.4 is 9.64 Å². The van der Waals surface area contributed by atoms with Crippen LogP contribution in [-0.2, 0) is 6.54 Å². The number of anilines is 1. The van der Waals surface area contributed by atoms with E-state index < -0.39 is 0 Å². The van der Waals surface area contributed by atoms with Crippen LogP contribution in [0.15, 0.2) is 65.4 Å². The highest BCUT2D eigenvalue weighted by molar-refractivity contribution is 9.10. The van der Waals surface area contributed by atoms with Crippen LogP contribution in [0.3, 0.4) is 0 Å². The van der Waals surface area contributed by atoms with Gasteiger partial charge in [-0.2, -0.15) is 0 Å². The molecule has 0 radical (unpaired) electrons. The Morgan fingerprint density at radius 3 is 2.78 bits per heavy atom. The molecule has 6 nitrogen and oxygen atoms in total. The quantitative estimate of drug-likeness (QED) is 0.350. The van der Waals surface area contributed by atoms with Gasteiger partial charge in [0.05, 0.1) is 23.1 Å². The third-order valence-electron chi connectivity index (χ3n) is 5.85. The number of aryl methyl sites for hydroxylation is 1. The van der Waals surface area contributed by atoms with Gasteiger partial charge < -0.3 is 14.6 Å². The van der Waals surface area contributed by atoms with Crippen molar-refractivity contribution in [3.63, 3.8) is 0 Å². The molecule has 1 aliphatic heterocycles. The summed E-state index contributed by atoms with van der Waals surface area (Å²) in [6, 6.07) is 18.9. The summed E-state index contributed by atoms with van der Waals surface area (Å²) in [5, 5.41) is 1.04. The first-order chi connectivity index (χ1) is 15.6. The molecule has 0 fully saturated rings. The van der Waals surface area contributed by atoms with E-state index in [1.165, 1.54) is 0 Å². The number of aromatic nitrogens is 4. The first-order valence-corrected chi connectivity index (χ1v) is 11.3.